The zero-order chi connectivity index (χ0) is 21.8. The predicted octanol–water partition coefficient (Wildman–Crippen LogP) is 3.69. The summed E-state index contributed by atoms with van der Waals surface area (Å²) in [6, 6.07) is 6.28. The predicted molar refractivity (Wildman–Crippen MR) is 106 cm³/mol. The van der Waals surface area contributed by atoms with Crippen molar-refractivity contribution in [2.24, 2.45) is 0 Å². The lowest BCUT2D eigenvalue weighted by Gasteiger charge is -2.32. The van der Waals surface area contributed by atoms with Gasteiger partial charge in [0.1, 0.15) is 5.75 Å². The van der Waals surface area contributed by atoms with Crippen LogP contribution in [0.15, 0.2) is 30.5 Å². The molecule has 1 aliphatic carbocycles. The number of benzene rings is 1. The fraction of sp³-hybridized carbons (Fsp3) is 0.571. The van der Waals surface area contributed by atoms with Gasteiger partial charge in [0, 0.05) is 19.1 Å². The summed E-state index contributed by atoms with van der Waals surface area (Å²) in [6.07, 6.45) is 3.24. The number of hydrogen-bond donors (Lipinski definition) is 1. The number of nitrogens with one attached hydrogen (secondary N) is 1. The molecule has 1 atom stereocenters. The molecule has 168 valence electrons. The molecule has 1 unspecified atom stereocenters. The fourth-order valence-corrected chi connectivity index (χ4v) is 4.33. The number of carbonyl (C=O) groups is 1. The Bertz CT molecular complexity index is 878. The van der Waals surface area contributed by atoms with Gasteiger partial charge in [0.05, 0.1) is 12.2 Å². The number of amides is 1. The third-order valence-corrected chi connectivity index (χ3v) is 5.85. The fourth-order valence-electron chi connectivity index (χ4n) is 4.33. The first-order valence-corrected chi connectivity index (χ1v) is 10.7. The smallest absolute Gasteiger partial charge is 0.406 e. The van der Waals surface area contributed by atoms with E-state index in [0.717, 1.165) is 57.2 Å². The van der Waals surface area contributed by atoms with Crippen LogP contribution in [0.2, 0.25) is 0 Å². The normalized spacial score (nSPS) is 20.7. The van der Waals surface area contributed by atoms with Gasteiger partial charge in [0.15, 0.2) is 5.69 Å². The Balaban J connectivity index is 1.32. The lowest BCUT2D eigenvalue weighted by molar-refractivity contribution is -0.274. The maximum atomic E-state index is 12.4. The van der Waals surface area contributed by atoms with Gasteiger partial charge in [-0.1, -0.05) is 30.2 Å². The molecule has 0 spiro atoms. The monoisotopic (exact) mass is 437 g/mol. The molecule has 31 heavy (non-hydrogen) atoms. The molecule has 1 aromatic carbocycles. The van der Waals surface area contributed by atoms with Gasteiger partial charge in [-0.15, -0.1) is 18.3 Å². The number of carbonyl (C=O) groups excluding carboxylic acids is 1. The average molecular weight is 437 g/mol. The highest BCUT2D eigenvalue weighted by Crippen LogP contribution is 2.25. The van der Waals surface area contributed by atoms with Crippen LogP contribution in [-0.4, -0.2) is 51.3 Å². The van der Waals surface area contributed by atoms with E-state index in [9.17, 15) is 18.0 Å². The van der Waals surface area contributed by atoms with E-state index >= 15 is 0 Å². The number of halogens is 3. The van der Waals surface area contributed by atoms with Crippen molar-refractivity contribution >= 4 is 5.91 Å². The molecule has 1 N–H and O–H groups in total. The van der Waals surface area contributed by atoms with Crippen LogP contribution in [0, 0.1) is 0 Å². The number of aromatic nitrogens is 3. The highest BCUT2D eigenvalue weighted by atomic mass is 19.4. The van der Waals surface area contributed by atoms with Crippen molar-refractivity contribution in [2.45, 2.75) is 63.5 Å². The molecule has 2 aliphatic rings. The summed E-state index contributed by atoms with van der Waals surface area (Å²) < 4.78 is 42.6. The highest BCUT2D eigenvalue weighted by molar-refractivity contribution is 5.92. The van der Waals surface area contributed by atoms with Crippen molar-refractivity contribution in [3.8, 4) is 5.75 Å². The molecule has 1 saturated heterocycles. The number of piperidine rings is 1. The number of nitrogens with zero attached hydrogens (tertiary/aromatic N) is 4. The van der Waals surface area contributed by atoms with E-state index in [1.54, 1.807) is 23.0 Å². The Kier molecular flexibility index (Phi) is 6.45. The second-order valence-corrected chi connectivity index (χ2v) is 8.26. The molecule has 2 fully saturated rings. The molecule has 1 aliphatic heterocycles. The van der Waals surface area contributed by atoms with Gasteiger partial charge in [-0.25, -0.2) is 4.68 Å². The Hall–Kier alpha value is -2.62. The topological polar surface area (TPSA) is 72.3 Å². The van der Waals surface area contributed by atoms with Crippen molar-refractivity contribution in [1.82, 2.24) is 25.2 Å². The quantitative estimate of drug-likeness (QED) is 0.746. The van der Waals surface area contributed by atoms with Crippen LogP contribution in [0.5, 0.6) is 5.75 Å². The van der Waals surface area contributed by atoms with Gasteiger partial charge in [-0.2, -0.15) is 0 Å². The zero-order valence-electron chi connectivity index (χ0n) is 17.1. The van der Waals surface area contributed by atoms with E-state index in [-0.39, 0.29) is 23.7 Å². The largest absolute Gasteiger partial charge is 0.573 e. The number of alkyl halides is 3. The summed E-state index contributed by atoms with van der Waals surface area (Å²) in [5, 5.41) is 11.3. The second-order valence-electron chi connectivity index (χ2n) is 8.26. The number of likely N-dealkylation sites (tertiary alicyclic amines) is 1. The maximum absolute atomic E-state index is 12.4. The molecule has 1 amide bonds. The molecule has 7 nitrogen and oxygen atoms in total. The van der Waals surface area contributed by atoms with E-state index in [2.05, 4.69) is 25.3 Å². The molecule has 2 aromatic rings. The third-order valence-electron chi connectivity index (χ3n) is 5.85. The van der Waals surface area contributed by atoms with Gasteiger partial charge in [-0.3, -0.25) is 9.69 Å². The lowest BCUT2D eigenvalue weighted by atomic mass is 10.0. The molecular formula is C21H26F3N5O2. The number of ether oxygens (including phenoxy) is 1. The molecule has 1 saturated carbocycles. The van der Waals surface area contributed by atoms with Crippen LogP contribution >= 0.6 is 0 Å². The summed E-state index contributed by atoms with van der Waals surface area (Å²) >= 11 is 0. The molecule has 4 rings (SSSR count). The Labute approximate surface area is 178 Å². The summed E-state index contributed by atoms with van der Waals surface area (Å²) in [5.74, 6) is -0.397. The zero-order valence-corrected chi connectivity index (χ0v) is 17.1. The summed E-state index contributed by atoms with van der Waals surface area (Å²) in [6.45, 7) is 2.24. The lowest BCUT2D eigenvalue weighted by Crippen LogP contribution is -2.36. The molecule has 0 radical (unpaired) electrons. The number of hydrogen-bond acceptors (Lipinski definition) is 5. The van der Waals surface area contributed by atoms with Gasteiger partial charge in [0.25, 0.3) is 5.91 Å². The Morgan fingerprint density at radius 2 is 1.87 bits per heavy atom. The van der Waals surface area contributed by atoms with Crippen LogP contribution in [0.1, 0.15) is 60.6 Å². The van der Waals surface area contributed by atoms with E-state index in [4.69, 9.17) is 0 Å². The van der Waals surface area contributed by atoms with E-state index in [1.807, 2.05) is 0 Å². The van der Waals surface area contributed by atoms with Gasteiger partial charge < -0.3 is 10.1 Å². The standard InChI is InChI=1S/C21H26F3N5O2/c22-21(23,24)31-18-9-7-15(8-10-18)12-28-11-3-6-17(13-28)29-14-19(26-27-29)20(30)25-16-4-1-2-5-16/h7-10,14,16-17H,1-6,11-13H2,(H,25,30). The molecule has 1 aromatic heterocycles. The van der Waals surface area contributed by atoms with Crippen molar-refractivity contribution in [3.63, 3.8) is 0 Å². The molecule has 0 bridgehead atoms. The van der Waals surface area contributed by atoms with Gasteiger partial charge in [0.2, 0.25) is 0 Å². The summed E-state index contributed by atoms with van der Waals surface area (Å²) in [5.41, 5.74) is 1.25. The second kappa shape index (κ2) is 9.25. The van der Waals surface area contributed by atoms with E-state index < -0.39 is 6.36 Å². The third kappa shape index (κ3) is 5.96. The molecular weight excluding hydrogens is 411 g/mol. The molecule has 10 heteroatoms. The van der Waals surface area contributed by atoms with Crippen molar-refractivity contribution in [2.75, 3.05) is 13.1 Å². The minimum absolute atomic E-state index is 0.0992. The van der Waals surface area contributed by atoms with Crippen LogP contribution in [0.4, 0.5) is 13.2 Å². The van der Waals surface area contributed by atoms with Gasteiger partial charge in [-0.05, 0) is 49.9 Å². The van der Waals surface area contributed by atoms with Crippen molar-refractivity contribution < 1.29 is 22.7 Å². The Morgan fingerprint density at radius 1 is 1.13 bits per heavy atom. The minimum atomic E-state index is -4.69. The first-order valence-electron chi connectivity index (χ1n) is 10.7. The highest BCUT2D eigenvalue weighted by Gasteiger charge is 2.31. The molecule has 2 heterocycles. The van der Waals surface area contributed by atoms with E-state index in [0.29, 0.717) is 12.2 Å². The van der Waals surface area contributed by atoms with Crippen LogP contribution in [0.3, 0.4) is 0 Å². The minimum Gasteiger partial charge on any atom is -0.406 e. The SMILES string of the molecule is O=C(NC1CCCC1)c1cn(C2CCCN(Cc3ccc(OC(F)(F)F)cc3)C2)nn1. The van der Waals surface area contributed by atoms with Crippen molar-refractivity contribution in [1.29, 1.82) is 0 Å². The summed E-state index contributed by atoms with van der Waals surface area (Å²) in [7, 11) is 0. The Morgan fingerprint density at radius 3 is 2.58 bits per heavy atom. The summed E-state index contributed by atoms with van der Waals surface area (Å²) in [4.78, 5) is 14.6. The first kappa shape index (κ1) is 21.6. The van der Waals surface area contributed by atoms with Crippen LogP contribution < -0.4 is 10.1 Å². The maximum Gasteiger partial charge on any atom is 0.573 e. The number of rotatable bonds is 6. The first-order chi connectivity index (χ1) is 14.9. The van der Waals surface area contributed by atoms with E-state index in [1.165, 1.54) is 12.1 Å². The van der Waals surface area contributed by atoms with Crippen LogP contribution in [0.25, 0.3) is 0 Å². The van der Waals surface area contributed by atoms with Crippen LogP contribution in [-0.2, 0) is 6.54 Å². The van der Waals surface area contributed by atoms with Gasteiger partial charge >= 0.3 is 6.36 Å². The average Bonchev–Trinajstić information content (AvgIpc) is 3.41. The van der Waals surface area contributed by atoms with Crippen molar-refractivity contribution in [3.05, 3.63) is 41.7 Å².